The minimum atomic E-state index is 0.0642. The highest BCUT2D eigenvalue weighted by Gasteiger charge is 2.27. The van der Waals surface area contributed by atoms with Crippen molar-refractivity contribution in [2.75, 3.05) is 32.7 Å². The number of hydrogen-bond acceptors (Lipinski definition) is 2. The van der Waals surface area contributed by atoms with Crippen molar-refractivity contribution in [1.29, 1.82) is 0 Å². The SMILES string of the molecule is CC(C)CNC(=O)N1CCN(C(c2ccccc2)c2ccccc2)CC1. The number of nitrogens with one attached hydrogen (secondary N) is 1. The number of nitrogens with zero attached hydrogens (tertiary/aromatic N) is 2. The minimum absolute atomic E-state index is 0.0642. The Labute approximate surface area is 156 Å². The van der Waals surface area contributed by atoms with Crippen molar-refractivity contribution in [1.82, 2.24) is 15.1 Å². The Hall–Kier alpha value is -2.33. The van der Waals surface area contributed by atoms with Gasteiger partial charge in [0.25, 0.3) is 0 Å². The van der Waals surface area contributed by atoms with Gasteiger partial charge in [0.05, 0.1) is 6.04 Å². The van der Waals surface area contributed by atoms with Crippen LogP contribution >= 0.6 is 0 Å². The van der Waals surface area contributed by atoms with Crippen LogP contribution < -0.4 is 5.32 Å². The van der Waals surface area contributed by atoms with Gasteiger partial charge in [-0.3, -0.25) is 4.90 Å². The molecular weight excluding hydrogens is 322 g/mol. The van der Waals surface area contributed by atoms with Gasteiger partial charge in [-0.15, -0.1) is 0 Å². The first-order chi connectivity index (χ1) is 12.6. The number of amides is 2. The molecule has 0 aromatic heterocycles. The second-order valence-corrected chi connectivity index (χ2v) is 7.33. The lowest BCUT2D eigenvalue weighted by Gasteiger charge is -2.39. The normalized spacial score (nSPS) is 15.5. The largest absolute Gasteiger partial charge is 0.338 e. The smallest absolute Gasteiger partial charge is 0.317 e. The summed E-state index contributed by atoms with van der Waals surface area (Å²) < 4.78 is 0. The van der Waals surface area contributed by atoms with Crippen molar-refractivity contribution in [3.8, 4) is 0 Å². The Bertz CT molecular complexity index is 640. The van der Waals surface area contributed by atoms with Gasteiger partial charge in [-0.25, -0.2) is 4.79 Å². The summed E-state index contributed by atoms with van der Waals surface area (Å²) in [5.41, 5.74) is 2.60. The zero-order valence-corrected chi connectivity index (χ0v) is 15.8. The molecule has 0 atom stereocenters. The first kappa shape index (κ1) is 18.5. The van der Waals surface area contributed by atoms with Crippen LogP contribution in [0.15, 0.2) is 60.7 Å². The van der Waals surface area contributed by atoms with Gasteiger partial charge in [0, 0.05) is 32.7 Å². The third-order valence-electron chi connectivity index (χ3n) is 4.86. The van der Waals surface area contributed by atoms with E-state index in [1.165, 1.54) is 11.1 Å². The molecule has 1 saturated heterocycles. The fraction of sp³-hybridized carbons (Fsp3) is 0.409. The van der Waals surface area contributed by atoms with Crippen LogP contribution in [0.25, 0.3) is 0 Å². The molecule has 26 heavy (non-hydrogen) atoms. The van der Waals surface area contributed by atoms with Crippen LogP contribution in [0.4, 0.5) is 4.79 Å². The van der Waals surface area contributed by atoms with Crippen LogP contribution in [0.3, 0.4) is 0 Å². The van der Waals surface area contributed by atoms with Gasteiger partial charge in [0.1, 0.15) is 0 Å². The number of carbonyl (C=O) groups is 1. The van der Waals surface area contributed by atoms with E-state index in [2.05, 4.69) is 84.7 Å². The standard InChI is InChI=1S/C22H29N3O/c1-18(2)17-23-22(26)25-15-13-24(14-16-25)21(19-9-5-3-6-10-19)20-11-7-4-8-12-20/h3-12,18,21H,13-17H2,1-2H3,(H,23,26). The number of rotatable bonds is 5. The van der Waals surface area contributed by atoms with E-state index in [9.17, 15) is 4.79 Å². The third-order valence-corrected chi connectivity index (χ3v) is 4.86. The summed E-state index contributed by atoms with van der Waals surface area (Å²) in [6.07, 6.45) is 0. The molecule has 1 aliphatic heterocycles. The van der Waals surface area contributed by atoms with Crippen LogP contribution in [0.1, 0.15) is 31.0 Å². The van der Waals surface area contributed by atoms with Gasteiger partial charge in [0.15, 0.2) is 0 Å². The van der Waals surface area contributed by atoms with Gasteiger partial charge in [0.2, 0.25) is 0 Å². The molecule has 1 N–H and O–H groups in total. The maximum atomic E-state index is 12.3. The van der Waals surface area contributed by atoms with Crippen LogP contribution in [-0.2, 0) is 0 Å². The van der Waals surface area contributed by atoms with Gasteiger partial charge in [-0.05, 0) is 17.0 Å². The van der Waals surface area contributed by atoms with Crippen molar-refractivity contribution in [3.63, 3.8) is 0 Å². The van der Waals surface area contributed by atoms with Crippen molar-refractivity contribution >= 4 is 6.03 Å². The molecule has 0 unspecified atom stereocenters. The quantitative estimate of drug-likeness (QED) is 0.890. The molecule has 0 bridgehead atoms. The van der Waals surface area contributed by atoms with Gasteiger partial charge < -0.3 is 10.2 Å². The van der Waals surface area contributed by atoms with E-state index in [-0.39, 0.29) is 12.1 Å². The fourth-order valence-electron chi connectivity index (χ4n) is 3.47. The predicted octanol–water partition coefficient (Wildman–Crippen LogP) is 3.76. The molecule has 0 spiro atoms. The predicted molar refractivity (Wildman–Crippen MR) is 106 cm³/mol. The van der Waals surface area contributed by atoms with E-state index in [1.807, 2.05) is 4.90 Å². The topological polar surface area (TPSA) is 35.6 Å². The molecule has 1 fully saturated rings. The molecule has 1 heterocycles. The Morgan fingerprint density at radius 1 is 0.885 bits per heavy atom. The second-order valence-electron chi connectivity index (χ2n) is 7.33. The number of urea groups is 1. The zero-order chi connectivity index (χ0) is 18.4. The van der Waals surface area contributed by atoms with Crippen molar-refractivity contribution in [2.45, 2.75) is 19.9 Å². The minimum Gasteiger partial charge on any atom is -0.338 e. The number of carbonyl (C=O) groups excluding carboxylic acids is 1. The first-order valence-corrected chi connectivity index (χ1v) is 9.52. The van der Waals surface area contributed by atoms with Crippen LogP contribution in [0, 0.1) is 5.92 Å². The van der Waals surface area contributed by atoms with Crippen LogP contribution in [0.5, 0.6) is 0 Å². The van der Waals surface area contributed by atoms with E-state index in [0.717, 1.165) is 32.7 Å². The molecule has 2 aromatic rings. The Morgan fingerprint density at radius 3 is 1.85 bits per heavy atom. The summed E-state index contributed by atoms with van der Waals surface area (Å²) >= 11 is 0. The number of benzene rings is 2. The zero-order valence-electron chi connectivity index (χ0n) is 15.8. The third kappa shape index (κ3) is 4.64. The van der Waals surface area contributed by atoms with E-state index in [0.29, 0.717) is 5.92 Å². The second kappa shape index (κ2) is 8.86. The average molecular weight is 351 g/mol. The maximum absolute atomic E-state index is 12.3. The maximum Gasteiger partial charge on any atom is 0.317 e. The molecule has 0 saturated carbocycles. The average Bonchev–Trinajstić information content (AvgIpc) is 2.68. The molecule has 4 heteroatoms. The van der Waals surface area contributed by atoms with E-state index in [4.69, 9.17) is 0 Å². The van der Waals surface area contributed by atoms with Gasteiger partial charge in [-0.2, -0.15) is 0 Å². The molecular formula is C22H29N3O. The van der Waals surface area contributed by atoms with Gasteiger partial charge >= 0.3 is 6.03 Å². The van der Waals surface area contributed by atoms with E-state index < -0.39 is 0 Å². The molecule has 3 rings (SSSR count). The Balaban J connectivity index is 1.69. The first-order valence-electron chi connectivity index (χ1n) is 9.52. The molecule has 0 radical (unpaired) electrons. The number of piperazine rings is 1. The van der Waals surface area contributed by atoms with Crippen molar-refractivity contribution in [2.24, 2.45) is 5.92 Å². The van der Waals surface area contributed by atoms with Crippen molar-refractivity contribution < 1.29 is 4.79 Å². The molecule has 2 aromatic carbocycles. The summed E-state index contributed by atoms with van der Waals surface area (Å²) in [5.74, 6) is 0.473. The van der Waals surface area contributed by atoms with E-state index in [1.54, 1.807) is 0 Å². The lowest BCUT2D eigenvalue weighted by molar-refractivity contribution is 0.120. The number of hydrogen-bond donors (Lipinski definition) is 1. The molecule has 0 aliphatic carbocycles. The Kier molecular flexibility index (Phi) is 6.29. The fourth-order valence-corrected chi connectivity index (χ4v) is 3.47. The van der Waals surface area contributed by atoms with Gasteiger partial charge in [-0.1, -0.05) is 74.5 Å². The highest BCUT2D eigenvalue weighted by atomic mass is 16.2. The molecule has 138 valence electrons. The van der Waals surface area contributed by atoms with E-state index >= 15 is 0 Å². The molecule has 1 aliphatic rings. The summed E-state index contributed by atoms with van der Waals surface area (Å²) in [4.78, 5) is 16.7. The van der Waals surface area contributed by atoms with Crippen molar-refractivity contribution in [3.05, 3.63) is 71.8 Å². The lowest BCUT2D eigenvalue weighted by atomic mass is 9.96. The van der Waals surface area contributed by atoms with Crippen LogP contribution in [-0.4, -0.2) is 48.6 Å². The highest BCUT2D eigenvalue weighted by molar-refractivity contribution is 5.74. The lowest BCUT2D eigenvalue weighted by Crippen LogP contribution is -2.52. The summed E-state index contributed by atoms with van der Waals surface area (Å²) in [6, 6.07) is 21.6. The summed E-state index contributed by atoms with van der Waals surface area (Å²) in [6.45, 7) is 8.24. The summed E-state index contributed by atoms with van der Waals surface area (Å²) in [7, 11) is 0. The highest BCUT2D eigenvalue weighted by Crippen LogP contribution is 2.29. The van der Waals surface area contributed by atoms with Crippen LogP contribution in [0.2, 0.25) is 0 Å². The molecule has 2 amide bonds. The Morgan fingerprint density at radius 2 is 1.38 bits per heavy atom. The molecule has 4 nitrogen and oxygen atoms in total. The summed E-state index contributed by atoms with van der Waals surface area (Å²) in [5, 5.41) is 3.03. The monoisotopic (exact) mass is 351 g/mol.